The van der Waals surface area contributed by atoms with Crippen LogP contribution in [0.25, 0.3) is 0 Å². The zero-order chi connectivity index (χ0) is 12.4. The van der Waals surface area contributed by atoms with Gasteiger partial charge in [0, 0.05) is 17.8 Å². The van der Waals surface area contributed by atoms with Crippen molar-refractivity contribution in [1.82, 2.24) is 4.57 Å². The Balaban J connectivity index is 2.29. The average molecular weight is 250 g/mol. The van der Waals surface area contributed by atoms with Crippen molar-refractivity contribution < 1.29 is 9.90 Å². The first-order valence-electron chi connectivity index (χ1n) is 5.21. The highest BCUT2D eigenvalue weighted by atomic mass is 35.5. The average Bonchev–Trinajstić information content (AvgIpc) is 2.63. The van der Waals surface area contributed by atoms with Gasteiger partial charge in [-0.3, -0.25) is 0 Å². The van der Waals surface area contributed by atoms with E-state index in [9.17, 15) is 4.79 Å². The normalized spacial score (nSPS) is 10.5. The summed E-state index contributed by atoms with van der Waals surface area (Å²) in [4.78, 5) is 11.0. The topological polar surface area (TPSA) is 42.2 Å². The van der Waals surface area contributed by atoms with Gasteiger partial charge in [-0.05, 0) is 36.2 Å². The van der Waals surface area contributed by atoms with Crippen LogP contribution < -0.4 is 0 Å². The number of aromatic carboxylic acids is 1. The summed E-state index contributed by atoms with van der Waals surface area (Å²) in [5.41, 5.74) is 2.27. The second-order valence-corrected chi connectivity index (χ2v) is 4.40. The largest absolute Gasteiger partial charge is 0.477 e. The van der Waals surface area contributed by atoms with Crippen molar-refractivity contribution in [3.63, 3.8) is 0 Å². The molecular weight excluding hydrogens is 238 g/mol. The molecule has 0 saturated carbocycles. The number of carbonyl (C=O) groups is 1. The summed E-state index contributed by atoms with van der Waals surface area (Å²) in [6.45, 7) is 2.41. The lowest BCUT2D eigenvalue weighted by atomic mass is 10.2. The molecule has 0 bridgehead atoms. The molecule has 1 aromatic carbocycles. The Morgan fingerprint density at radius 1 is 1.35 bits per heavy atom. The SMILES string of the molecule is Cc1cc(C(=O)O)n(Cc2ccc(Cl)cc2)c1. The second-order valence-electron chi connectivity index (χ2n) is 3.96. The van der Waals surface area contributed by atoms with Crippen molar-refractivity contribution in [2.75, 3.05) is 0 Å². The Hall–Kier alpha value is -1.74. The van der Waals surface area contributed by atoms with E-state index in [2.05, 4.69) is 0 Å². The van der Waals surface area contributed by atoms with Crippen molar-refractivity contribution >= 4 is 17.6 Å². The van der Waals surface area contributed by atoms with Crippen LogP contribution in [0.3, 0.4) is 0 Å². The summed E-state index contributed by atoms with van der Waals surface area (Å²) in [6, 6.07) is 9.05. The van der Waals surface area contributed by atoms with E-state index in [-0.39, 0.29) is 0 Å². The van der Waals surface area contributed by atoms with Gasteiger partial charge in [0.1, 0.15) is 5.69 Å². The fourth-order valence-electron chi connectivity index (χ4n) is 1.75. The molecule has 0 atom stereocenters. The molecule has 3 nitrogen and oxygen atoms in total. The van der Waals surface area contributed by atoms with Crippen LogP contribution in [-0.2, 0) is 6.54 Å². The number of hydrogen-bond donors (Lipinski definition) is 1. The molecule has 2 aromatic rings. The van der Waals surface area contributed by atoms with Gasteiger partial charge in [0.25, 0.3) is 0 Å². The lowest BCUT2D eigenvalue weighted by Crippen LogP contribution is -2.08. The highest BCUT2D eigenvalue weighted by Crippen LogP contribution is 2.14. The molecule has 17 heavy (non-hydrogen) atoms. The van der Waals surface area contributed by atoms with Crippen LogP contribution >= 0.6 is 11.6 Å². The Kier molecular flexibility index (Phi) is 3.20. The molecule has 4 heteroatoms. The summed E-state index contributed by atoms with van der Waals surface area (Å²) in [5, 5.41) is 9.74. The smallest absolute Gasteiger partial charge is 0.352 e. The molecule has 0 unspecified atom stereocenters. The molecule has 0 fully saturated rings. The van der Waals surface area contributed by atoms with E-state index >= 15 is 0 Å². The van der Waals surface area contributed by atoms with Gasteiger partial charge in [-0.1, -0.05) is 23.7 Å². The van der Waals surface area contributed by atoms with Crippen LogP contribution in [0.4, 0.5) is 0 Å². The Labute approximate surface area is 104 Å². The lowest BCUT2D eigenvalue weighted by Gasteiger charge is -2.06. The lowest BCUT2D eigenvalue weighted by molar-refractivity contribution is 0.0685. The highest BCUT2D eigenvalue weighted by molar-refractivity contribution is 6.30. The number of carboxylic acids is 1. The molecule has 0 aliphatic rings. The molecule has 1 heterocycles. The van der Waals surface area contributed by atoms with Gasteiger partial charge in [0.05, 0.1) is 0 Å². The minimum absolute atomic E-state index is 0.303. The number of hydrogen-bond acceptors (Lipinski definition) is 1. The van der Waals surface area contributed by atoms with Crippen molar-refractivity contribution in [3.8, 4) is 0 Å². The van der Waals surface area contributed by atoms with E-state index in [0.29, 0.717) is 17.3 Å². The third-order valence-corrected chi connectivity index (χ3v) is 2.77. The number of nitrogens with zero attached hydrogens (tertiary/aromatic N) is 1. The maximum absolute atomic E-state index is 11.0. The molecule has 0 aliphatic heterocycles. The third kappa shape index (κ3) is 2.68. The van der Waals surface area contributed by atoms with Crippen molar-refractivity contribution in [2.45, 2.75) is 13.5 Å². The standard InChI is InChI=1S/C13H12ClNO2/c1-9-6-12(13(16)17)15(7-9)8-10-2-4-11(14)5-3-10/h2-7H,8H2,1H3,(H,16,17). The van der Waals surface area contributed by atoms with Gasteiger partial charge in [-0.15, -0.1) is 0 Å². The third-order valence-electron chi connectivity index (χ3n) is 2.52. The first kappa shape index (κ1) is 11.7. The molecular formula is C13H12ClNO2. The van der Waals surface area contributed by atoms with Crippen LogP contribution in [0, 0.1) is 6.92 Å². The second kappa shape index (κ2) is 4.63. The van der Waals surface area contributed by atoms with Crippen LogP contribution in [0.2, 0.25) is 5.02 Å². The Morgan fingerprint density at radius 2 is 2.00 bits per heavy atom. The van der Waals surface area contributed by atoms with Gasteiger partial charge < -0.3 is 9.67 Å². The number of aromatic nitrogens is 1. The fourth-order valence-corrected chi connectivity index (χ4v) is 1.88. The molecule has 2 rings (SSSR count). The molecule has 1 aromatic heterocycles. The van der Waals surface area contributed by atoms with Crippen LogP contribution in [0.5, 0.6) is 0 Å². The van der Waals surface area contributed by atoms with Gasteiger partial charge in [-0.25, -0.2) is 4.79 Å². The van der Waals surface area contributed by atoms with Gasteiger partial charge >= 0.3 is 5.97 Å². The van der Waals surface area contributed by atoms with Crippen molar-refractivity contribution in [1.29, 1.82) is 0 Å². The van der Waals surface area contributed by atoms with Crippen molar-refractivity contribution in [2.24, 2.45) is 0 Å². The minimum atomic E-state index is -0.910. The van der Waals surface area contributed by atoms with E-state index in [1.165, 1.54) is 0 Å². The van der Waals surface area contributed by atoms with Crippen LogP contribution in [-0.4, -0.2) is 15.6 Å². The first-order chi connectivity index (χ1) is 8.06. The summed E-state index contributed by atoms with van der Waals surface area (Å²) in [7, 11) is 0. The number of benzene rings is 1. The van der Waals surface area contributed by atoms with E-state index in [0.717, 1.165) is 11.1 Å². The molecule has 0 spiro atoms. The maximum atomic E-state index is 11.0. The van der Waals surface area contributed by atoms with Crippen LogP contribution in [0.1, 0.15) is 21.6 Å². The molecule has 1 N–H and O–H groups in total. The number of aryl methyl sites for hydroxylation is 1. The van der Waals surface area contributed by atoms with Crippen molar-refractivity contribution in [3.05, 3.63) is 58.4 Å². The minimum Gasteiger partial charge on any atom is -0.477 e. The van der Waals surface area contributed by atoms with E-state index in [1.807, 2.05) is 25.3 Å². The summed E-state index contributed by atoms with van der Waals surface area (Å²) in [6.07, 6.45) is 1.83. The number of halogens is 1. The Morgan fingerprint density at radius 3 is 2.59 bits per heavy atom. The zero-order valence-corrected chi connectivity index (χ0v) is 10.1. The fraction of sp³-hybridized carbons (Fsp3) is 0.154. The Bertz CT molecular complexity index is 543. The zero-order valence-electron chi connectivity index (χ0n) is 9.35. The maximum Gasteiger partial charge on any atom is 0.352 e. The van der Waals surface area contributed by atoms with Gasteiger partial charge in [0.15, 0.2) is 0 Å². The quantitative estimate of drug-likeness (QED) is 0.908. The highest BCUT2D eigenvalue weighted by Gasteiger charge is 2.10. The van der Waals surface area contributed by atoms with E-state index in [4.69, 9.17) is 16.7 Å². The molecule has 0 aliphatic carbocycles. The van der Waals surface area contributed by atoms with E-state index < -0.39 is 5.97 Å². The summed E-state index contributed by atoms with van der Waals surface area (Å²) >= 11 is 5.80. The first-order valence-corrected chi connectivity index (χ1v) is 5.58. The monoisotopic (exact) mass is 249 g/mol. The van der Waals surface area contributed by atoms with Gasteiger partial charge in [0.2, 0.25) is 0 Å². The van der Waals surface area contributed by atoms with Crippen LogP contribution in [0.15, 0.2) is 36.5 Å². The molecule has 0 amide bonds. The molecule has 0 saturated heterocycles. The predicted molar refractivity (Wildman–Crippen MR) is 66.7 cm³/mol. The molecule has 0 radical (unpaired) electrons. The predicted octanol–water partition coefficient (Wildman–Crippen LogP) is 3.20. The summed E-state index contributed by atoms with van der Waals surface area (Å²) < 4.78 is 1.72. The number of carboxylic acid groups (broad SMARTS) is 1. The summed E-state index contributed by atoms with van der Waals surface area (Å²) in [5.74, 6) is -0.910. The van der Waals surface area contributed by atoms with Gasteiger partial charge in [-0.2, -0.15) is 0 Å². The van der Waals surface area contributed by atoms with E-state index in [1.54, 1.807) is 22.8 Å². The molecule has 88 valence electrons. The number of rotatable bonds is 3.